The van der Waals surface area contributed by atoms with E-state index in [1.54, 1.807) is 7.11 Å². The first-order valence-electron chi connectivity index (χ1n) is 9.75. The smallest absolute Gasteiger partial charge is 0.316 e. The van der Waals surface area contributed by atoms with Crippen LogP contribution >= 0.6 is 15.9 Å². The topological polar surface area (TPSA) is 76.7 Å². The van der Waals surface area contributed by atoms with Crippen LogP contribution in [0, 0.1) is 11.8 Å². The average Bonchev–Trinajstić information content (AvgIpc) is 2.90. The normalized spacial score (nSPS) is 22.8. The first-order valence-corrected chi connectivity index (χ1v) is 10.5. The predicted molar refractivity (Wildman–Crippen MR) is 118 cm³/mol. The summed E-state index contributed by atoms with van der Waals surface area (Å²) in [5, 5.41) is 6.95. The highest BCUT2D eigenvalue weighted by atomic mass is 79.9. The van der Waals surface area contributed by atoms with E-state index in [4.69, 9.17) is 9.47 Å². The largest absolute Gasteiger partial charge is 0.496 e. The molecule has 30 heavy (non-hydrogen) atoms. The summed E-state index contributed by atoms with van der Waals surface area (Å²) in [5.74, 6) is -0.973. The van der Waals surface area contributed by atoms with Gasteiger partial charge in [0.2, 0.25) is 0 Å². The number of esters is 1. The molecule has 1 heterocycles. The van der Waals surface area contributed by atoms with E-state index in [1.807, 2.05) is 49.4 Å². The molecule has 2 aliphatic rings. The van der Waals surface area contributed by atoms with E-state index in [2.05, 4.69) is 26.6 Å². The van der Waals surface area contributed by atoms with Crippen molar-refractivity contribution in [1.82, 2.24) is 0 Å². The molecule has 0 saturated carbocycles. The van der Waals surface area contributed by atoms with E-state index in [-0.39, 0.29) is 11.7 Å². The zero-order valence-corrected chi connectivity index (χ0v) is 18.6. The SMILES string of the molecule is COC(=O)[C@H]1C(=O)C2=C(C[C@@H]1C)Nc1ccccc1N[C@H]2c1ccc(OC)c(Br)c1. The lowest BCUT2D eigenvalue weighted by Crippen LogP contribution is -2.39. The van der Waals surface area contributed by atoms with Gasteiger partial charge in [-0.25, -0.2) is 0 Å². The molecule has 2 aromatic rings. The number of carbonyl (C=O) groups excluding carboxylic acids is 2. The van der Waals surface area contributed by atoms with Crippen LogP contribution in [0.1, 0.15) is 24.9 Å². The van der Waals surface area contributed by atoms with Gasteiger partial charge in [0.1, 0.15) is 11.7 Å². The maximum Gasteiger partial charge on any atom is 0.316 e. The Morgan fingerprint density at radius 2 is 1.87 bits per heavy atom. The number of ether oxygens (including phenoxy) is 2. The highest BCUT2D eigenvalue weighted by Gasteiger charge is 2.44. The quantitative estimate of drug-likeness (QED) is 0.500. The van der Waals surface area contributed by atoms with Gasteiger partial charge < -0.3 is 20.1 Å². The number of anilines is 2. The molecular weight excluding hydrogens is 448 g/mol. The third kappa shape index (κ3) is 3.47. The first kappa shape index (κ1) is 20.5. The van der Waals surface area contributed by atoms with Crippen LogP contribution in [0.15, 0.2) is 58.2 Å². The van der Waals surface area contributed by atoms with Gasteiger partial charge in [0.15, 0.2) is 5.78 Å². The number of methoxy groups -OCH3 is 2. The zero-order chi connectivity index (χ0) is 21.4. The number of fused-ring (bicyclic) bond motifs is 1. The fourth-order valence-corrected chi connectivity index (χ4v) is 4.80. The van der Waals surface area contributed by atoms with E-state index in [0.29, 0.717) is 17.7 Å². The number of hydrogen-bond acceptors (Lipinski definition) is 6. The Balaban J connectivity index is 1.87. The van der Waals surface area contributed by atoms with Gasteiger partial charge in [-0.1, -0.05) is 25.1 Å². The van der Waals surface area contributed by atoms with Crippen LogP contribution in [-0.2, 0) is 14.3 Å². The first-order chi connectivity index (χ1) is 14.4. The lowest BCUT2D eigenvalue weighted by Gasteiger charge is -2.32. The van der Waals surface area contributed by atoms with Crippen molar-refractivity contribution in [1.29, 1.82) is 0 Å². The Morgan fingerprint density at radius 3 is 2.53 bits per heavy atom. The zero-order valence-electron chi connectivity index (χ0n) is 17.0. The minimum Gasteiger partial charge on any atom is -0.496 e. The van der Waals surface area contributed by atoms with Crippen LogP contribution < -0.4 is 15.4 Å². The number of nitrogens with one attached hydrogen (secondary N) is 2. The van der Waals surface area contributed by atoms with Crippen molar-refractivity contribution in [2.45, 2.75) is 19.4 Å². The number of halogens is 1. The van der Waals surface area contributed by atoms with Crippen LogP contribution in [-0.4, -0.2) is 26.0 Å². The number of benzene rings is 2. The summed E-state index contributed by atoms with van der Waals surface area (Å²) in [5.41, 5.74) is 4.08. The number of carbonyl (C=O) groups is 2. The van der Waals surface area contributed by atoms with Crippen LogP contribution in [0.3, 0.4) is 0 Å². The molecule has 1 aliphatic heterocycles. The Hall–Kier alpha value is -2.80. The summed E-state index contributed by atoms with van der Waals surface area (Å²) < 4.78 is 11.1. The summed E-state index contributed by atoms with van der Waals surface area (Å²) in [4.78, 5) is 26.0. The third-order valence-corrected chi connectivity index (χ3v) is 6.35. The summed E-state index contributed by atoms with van der Waals surface area (Å²) in [7, 11) is 2.93. The Labute approximate surface area is 183 Å². The monoisotopic (exact) mass is 470 g/mol. The molecule has 2 N–H and O–H groups in total. The minimum atomic E-state index is -0.817. The molecule has 3 atom stereocenters. The van der Waals surface area contributed by atoms with Crippen LogP contribution in [0.25, 0.3) is 0 Å². The standard InChI is InChI=1S/C23H23BrN2O4/c1-12-10-17-20(22(27)19(12)23(28)30-3)21(13-8-9-18(29-2)14(24)11-13)26-16-7-5-4-6-15(16)25-17/h4-9,11-12,19,21,25-26H,10H2,1-3H3/t12-,19+,21-/m0/s1. The highest BCUT2D eigenvalue weighted by Crippen LogP contribution is 2.44. The second kappa shape index (κ2) is 8.14. The highest BCUT2D eigenvalue weighted by molar-refractivity contribution is 9.10. The molecule has 156 valence electrons. The molecule has 4 rings (SSSR count). The van der Waals surface area contributed by atoms with Crippen LogP contribution in [0.2, 0.25) is 0 Å². The van der Waals surface area contributed by atoms with Crippen molar-refractivity contribution >= 4 is 39.1 Å². The second-order valence-electron chi connectivity index (χ2n) is 7.58. The lowest BCUT2D eigenvalue weighted by atomic mass is 9.75. The van der Waals surface area contributed by atoms with Crippen molar-refractivity contribution < 1.29 is 19.1 Å². The molecule has 0 amide bonds. The van der Waals surface area contributed by atoms with Crippen LogP contribution in [0.5, 0.6) is 5.75 Å². The minimum absolute atomic E-state index is 0.162. The molecule has 1 aliphatic carbocycles. The third-order valence-electron chi connectivity index (χ3n) is 5.73. The molecule has 0 radical (unpaired) electrons. The van der Waals surface area contributed by atoms with Gasteiger partial charge in [-0.3, -0.25) is 9.59 Å². The second-order valence-corrected chi connectivity index (χ2v) is 8.43. The maximum absolute atomic E-state index is 13.6. The van der Waals surface area contributed by atoms with Crippen molar-refractivity contribution in [3.8, 4) is 5.75 Å². The molecule has 0 bridgehead atoms. The van der Waals surface area contributed by atoms with Gasteiger partial charge in [0, 0.05) is 11.3 Å². The molecule has 0 saturated heterocycles. The number of hydrogen-bond donors (Lipinski definition) is 2. The molecule has 6 nitrogen and oxygen atoms in total. The molecule has 0 fully saturated rings. The van der Waals surface area contributed by atoms with Crippen molar-refractivity contribution in [2.24, 2.45) is 11.8 Å². The number of allylic oxidation sites excluding steroid dienone is 1. The average molecular weight is 471 g/mol. The molecule has 0 aromatic heterocycles. The van der Waals surface area contributed by atoms with Gasteiger partial charge in [-0.05, 0) is 58.1 Å². The van der Waals surface area contributed by atoms with E-state index in [0.717, 1.165) is 27.1 Å². The van der Waals surface area contributed by atoms with Crippen molar-refractivity contribution in [3.63, 3.8) is 0 Å². The van der Waals surface area contributed by atoms with E-state index in [1.165, 1.54) is 7.11 Å². The number of para-hydroxylation sites is 2. The summed E-state index contributed by atoms with van der Waals surface area (Å²) in [6.07, 6.45) is 0.574. The van der Waals surface area contributed by atoms with E-state index in [9.17, 15) is 9.59 Å². The van der Waals surface area contributed by atoms with Gasteiger partial charge >= 0.3 is 5.97 Å². The number of ketones is 1. The Bertz CT molecular complexity index is 1050. The van der Waals surface area contributed by atoms with Gasteiger partial charge in [0.25, 0.3) is 0 Å². The number of Topliss-reactive ketones (excluding diaryl/α,β-unsaturated/α-hetero) is 1. The van der Waals surface area contributed by atoms with Gasteiger partial charge in [-0.15, -0.1) is 0 Å². The van der Waals surface area contributed by atoms with Crippen molar-refractivity contribution in [2.75, 3.05) is 24.9 Å². The Kier molecular flexibility index (Phi) is 5.56. The molecule has 2 aromatic carbocycles. The maximum atomic E-state index is 13.6. The van der Waals surface area contributed by atoms with Crippen LogP contribution in [0.4, 0.5) is 11.4 Å². The molecule has 0 spiro atoms. The Morgan fingerprint density at radius 1 is 1.13 bits per heavy atom. The van der Waals surface area contributed by atoms with Crippen molar-refractivity contribution in [3.05, 3.63) is 63.8 Å². The predicted octanol–water partition coefficient (Wildman–Crippen LogP) is 4.69. The van der Waals surface area contributed by atoms with Gasteiger partial charge in [-0.2, -0.15) is 0 Å². The lowest BCUT2D eigenvalue weighted by molar-refractivity contribution is -0.151. The fourth-order valence-electron chi connectivity index (χ4n) is 4.25. The molecular formula is C23H23BrN2O4. The molecule has 0 unspecified atom stereocenters. The fraction of sp³-hybridized carbons (Fsp3) is 0.304. The summed E-state index contributed by atoms with van der Waals surface area (Å²) >= 11 is 3.54. The van der Waals surface area contributed by atoms with Gasteiger partial charge in [0.05, 0.1) is 36.1 Å². The number of rotatable bonds is 3. The van der Waals surface area contributed by atoms with E-state index < -0.39 is 17.9 Å². The summed E-state index contributed by atoms with van der Waals surface area (Å²) in [6, 6.07) is 13.1. The summed E-state index contributed by atoms with van der Waals surface area (Å²) in [6.45, 7) is 1.91. The molecule has 7 heteroatoms. The van der Waals surface area contributed by atoms with E-state index >= 15 is 0 Å².